The minimum atomic E-state index is 0. The molecule has 1 aromatic heterocycles. The largest absolute Gasteiger partial charge is 0.357 e. The maximum absolute atomic E-state index is 4.58. The fourth-order valence-electron chi connectivity index (χ4n) is 2.56. The maximum atomic E-state index is 4.58. The first-order chi connectivity index (χ1) is 9.69. The number of hydrogen-bond donors (Lipinski definition) is 2. The van der Waals surface area contributed by atoms with Crippen molar-refractivity contribution in [2.75, 3.05) is 13.1 Å². The van der Waals surface area contributed by atoms with Crippen LogP contribution in [0, 0.1) is 5.41 Å². The molecule has 0 unspecified atom stereocenters. The molecule has 0 bridgehead atoms. The molecule has 1 aromatic rings. The smallest absolute Gasteiger partial charge is 0.191 e. The van der Waals surface area contributed by atoms with E-state index in [9.17, 15) is 0 Å². The summed E-state index contributed by atoms with van der Waals surface area (Å²) in [5, 5.41) is 10.8. The molecule has 1 aliphatic rings. The van der Waals surface area contributed by atoms with E-state index in [0.717, 1.165) is 24.9 Å². The molecule has 6 nitrogen and oxygen atoms in total. The number of aryl methyl sites for hydroxylation is 1. The molecule has 0 amide bonds. The predicted octanol–water partition coefficient (Wildman–Crippen LogP) is 2.07. The van der Waals surface area contributed by atoms with E-state index in [1.165, 1.54) is 25.7 Å². The zero-order chi connectivity index (χ0) is 14.4. The van der Waals surface area contributed by atoms with Crippen molar-refractivity contribution in [3.05, 3.63) is 12.2 Å². The second-order valence-corrected chi connectivity index (χ2v) is 5.56. The van der Waals surface area contributed by atoms with Gasteiger partial charge in [-0.3, -0.25) is 4.68 Å². The molecular formula is C14H27IN6. The Morgan fingerprint density at radius 3 is 2.62 bits per heavy atom. The molecule has 1 heterocycles. The Bertz CT molecular complexity index is 447. The molecular weight excluding hydrogens is 379 g/mol. The molecule has 1 aliphatic carbocycles. The van der Waals surface area contributed by atoms with Crippen LogP contribution >= 0.6 is 24.0 Å². The zero-order valence-electron chi connectivity index (χ0n) is 13.2. The number of nitrogens with one attached hydrogen (secondary N) is 2. The van der Waals surface area contributed by atoms with Gasteiger partial charge in [-0.15, -0.1) is 24.0 Å². The number of nitrogens with zero attached hydrogens (tertiary/aromatic N) is 4. The summed E-state index contributed by atoms with van der Waals surface area (Å²) >= 11 is 0. The normalized spacial score (nSPS) is 16.8. The van der Waals surface area contributed by atoms with Gasteiger partial charge < -0.3 is 10.6 Å². The van der Waals surface area contributed by atoms with Crippen LogP contribution in [0.25, 0.3) is 0 Å². The van der Waals surface area contributed by atoms with Gasteiger partial charge in [0.15, 0.2) is 5.96 Å². The number of aromatic nitrogens is 3. The van der Waals surface area contributed by atoms with E-state index in [0.29, 0.717) is 12.0 Å². The lowest BCUT2D eigenvalue weighted by Gasteiger charge is -2.41. The van der Waals surface area contributed by atoms with Crippen LogP contribution in [0.2, 0.25) is 0 Å². The van der Waals surface area contributed by atoms with Crippen LogP contribution in [0.3, 0.4) is 0 Å². The van der Waals surface area contributed by atoms with Crippen molar-refractivity contribution < 1.29 is 0 Å². The van der Waals surface area contributed by atoms with Crippen molar-refractivity contribution in [3.8, 4) is 0 Å². The van der Waals surface area contributed by atoms with E-state index in [4.69, 9.17) is 0 Å². The number of halogens is 1. The molecule has 1 fully saturated rings. The molecule has 21 heavy (non-hydrogen) atoms. The third-order valence-corrected chi connectivity index (χ3v) is 4.32. The maximum Gasteiger partial charge on any atom is 0.191 e. The van der Waals surface area contributed by atoms with E-state index in [-0.39, 0.29) is 24.0 Å². The highest BCUT2D eigenvalue weighted by Crippen LogP contribution is 2.42. The molecule has 2 rings (SSSR count). The van der Waals surface area contributed by atoms with Crippen LogP contribution in [0.1, 0.15) is 45.4 Å². The van der Waals surface area contributed by atoms with Gasteiger partial charge >= 0.3 is 0 Å². The van der Waals surface area contributed by atoms with E-state index < -0.39 is 0 Å². The van der Waals surface area contributed by atoms with Crippen LogP contribution in [0.5, 0.6) is 0 Å². The lowest BCUT2D eigenvalue weighted by atomic mass is 9.67. The summed E-state index contributed by atoms with van der Waals surface area (Å²) in [7, 11) is 1.89. The lowest BCUT2D eigenvalue weighted by molar-refractivity contribution is 0.131. The summed E-state index contributed by atoms with van der Waals surface area (Å²) in [6.45, 7) is 6.78. The minimum absolute atomic E-state index is 0. The number of rotatable bonds is 6. The van der Waals surface area contributed by atoms with Crippen LogP contribution in [-0.2, 0) is 13.6 Å². The van der Waals surface area contributed by atoms with Gasteiger partial charge in [0.2, 0.25) is 0 Å². The van der Waals surface area contributed by atoms with E-state index in [1.807, 2.05) is 7.05 Å². The molecule has 0 radical (unpaired) electrons. The van der Waals surface area contributed by atoms with Crippen LogP contribution < -0.4 is 10.6 Å². The fraction of sp³-hybridized carbons (Fsp3) is 0.786. The second kappa shape index (κ2) is 8.55. The zero-order valence-corrected chi connectivity index (χ0v) is 15.6. The summed E-state index contributed by atoms with van der Waals surface area (Å²) in [4.78, 5) is 8.77. The summed E-state index contributed by atoms with van der Waals surface area (Å²) < 4.78 is 1.76. The second-order valence-electron chi connectivity index (χ2n) is 5.56. The highest BCUT2D eigenvalue weighted by molar-refractivity contribution is 14.0. The van der Waals surface area contributed by atoms with E-state index >= 15 is 0 Å². The topological polar surface area (TPSA) is 67.1 Å². The summed E-state index contributed by atoms with van der Waals surface area (Å²) in [5.74, 6) is 1.74. The van der Waals surface area contributed by atoms with Gasteiger partial charge in [-0.1, -0.05) is 13.3 Å². The Morgan fingerprint density at radius 1 is 1.38 bits per heavy atom. The van der Waals surface area contributed by atoms with Gasteiger partial charge in [-0.2, -0.15) is 5.10 Å². The van der Waals surface area contributed by atoms with E-state index in [2.05, 4.69) is 39.6 Å². The van der Waals surface area contributed by atoms with E-state index in [1.54, 1.807) is 11.0 Å². The molecule has 2 N–H and O–H groups in total. The molecule has 0 atom stereocenters. The summed E-state index contributed by atoms with van der Waals surface area (Å²) in [6.07, 6.45) is 6.83. The first-order valence-corrected chi connectivity index (χ1v) is 7.54. The summed E-state index contributed by atoms with van der Waals surface area (Å²) in [6, 6.07) is 0. The molecule has 0 spiro atoms. The first kappa shape index (κ1) is 18.2. The van der Waals surface area contributed by atoms with Crippen LogP contribution in [-0.4, -0.2) is 33.8 Å². The van der Waals surface area contributed by atoms with Crippen LogP contribution in [0.15, 0.2) is 11.3 Å². The van der Waals surface area contributed by atoms with Gasteiger partial charge in [0, 0.05) is 20.1 Å². The number of aliphatic imine (C=N–C) groups is 1. The highest BCUT2D eigenvalue weighted by Gasteiger charge is 2.34. The Balaban J connectivity index is 0.00000220. The molecule has 1 saturated carbocycles. The van der Waals surface area contributed by atoms with Gasteiger partial charge in [0.05, 0.1) is 0 Å². The summed E-state index contributed by atoms with van der Waals surface area (Å²) in [5.41, 5.74) is 0.487. The van der Waals surface area contributed by atoms with Crippen LogP contribution in [0.4, 0.5) is 0 Å². The van der Waals surface area contributed by atoms with Gasteiger partial charge in [-0.25, -0.2) is 9.98 Å². The first-order valence-electron chi connectivity index (χ1n) is 7.54. The molecule has 120 valence electrons. The molecule has 0 aromatic carbocycles. The minimum Gasteiger partial charge on any atom is -0.357 e. The third-order valence-electron chi connectivity index (χ3n) is 4.32. The average Bonchev–Trinajstić information content (AvgIpc) is 2.80. The number of hydrogen-bond acceptors (Lipinski definition) is 3. The molecule has 0 aliphatic heterocycles. The van der Waals surface area contributed by atoms with Crippen molar-refractivity contribution in [2.24, 2.45) is 17.5 Å². The standard InChI is InChI=1S/C14H26N6.HI/c1-4-14(7-6-8-14)10-17-13(15-5-2)16-9-12-18-11-19-20(12)3;/h11H,4-10H2,1-3H3,(H2,15,16,17);1H. The monoisotopic (exact) mass is 406 g/mol. The van der Waals surface area contributed by atoms with Gasteiger partial charge in [0.25, 0.3) is 0 Å². The Labute approximate surface area is 144 Å². The van der Waals surface area contributed by atoms with Crippen molar-refractivity contribution in [2.45, 2.75) is 46.1 Å². The fourth-order valence-corrected chi connectivity index (χ4v) is 2.56. The van der Waals surface area contributed by atoms with Crippen molar-refractivity contribution >= 4 is 29.9 Å². The third kappa shape index (κ3) is 4.82. The van der Waals surface area contributed by atoms with Gasteiger partial charge in [0.1, 0.15) is 18.7 Å². The van der Waals surface area contributed by atoms with Crippen molar-refractivity contribution in [3.63, 3.8) is 0 Å². The van der Waals surface area contributed by atoms with Crippen molar-refractivity contribution in [1.29, 1.82) is 0 Å². The Morgan fingerprint density at radius 2 is 2.14 bits per heavy atom. The molecule has 0 saturated heterocycles. The highest BCUT2D eigenvalue weighted by atomic mass is 127. The Hall–Kier alpha value is -0.860. The Kier molecular flexibility index (Phi) is 7.41. The SMILES string of the molecule is CCNC(=NCc1ncnn1C)NCC1(CC)CCC1.I. The number of guanidine groups is 1. The quantitative estimate of drug-likeness (QED) is 0.431. The average molecular weight is 406 g/mol. The predicted molar refractivity (Wildman–Crippen MR) is 95.8 cm³/mol. The molecule has 7 heteroatoms. The van der Waals surface area contributed by atoms with Gasteiger partial charge in [-0.05, 0) is 31.6 Å². The van der Waals surface area contributed by atoms with Crippen molar-refractivity contribution in [1.82, 2.24) is 25.4 Å². The lowest BCUT2D eigenvalue weighted by Crippen LogP contribution is -2.46.